The van der Waals surface area contributed by atoms with E-state index in [4.69, 9.17) is 9.47 Å². The molecule has 2 nitrogen and oxygen atoms in total. The summed E-state index contributed by atoms with van der Waals surface area (Å²) in [5, 5.41) is 0. The molecule has 0 aliphatic carbocycles. The van der Waals surface area contributed by atoms with E-state index in [-0.39, 0.29) is 80.3 Å². The van der Waals surface area contributed by atoms with E-state index in [9.17, 15) is 0 Å². The van der Waals surface area contributed by atoms with Crippen molar-refractivity contribution >= 4 is 0 Å². The summed E-state index contributed by atoms with van der Waals surface area (Å²) in [5.74, 6) is 1.60. The van der Waals surface area contributed by atoms with Gasteiger partial charge in [0.1, 0.15) is 0 Å². The van der Waals surface area contributed by atoms with Crippen molar-refractivity contribution in [3.05, 3.63) is 88.7 Å². The van der Waals surface area contributed by atoms with Gasteiger partial charge in [0.25, 0.3) is 0 Å². The number of hydrogen-bond donors (Lipinski definition) is 0. The van der Waals surface area contributed by atoms with Gasteiger partial charge in [0.05, 0.1) is 11.5 Å². The van der Waals surface area contributed by atoms with Crippen LogP contribution in [0.4, 0.5) is 0 Å². The average molecular weight is 462 g/mol. The molecule has 0 saturated heterocycles. The van der Waals surface area contributed by atoms with E-state index < -0.39 is 0 Å². The Morgan fingerprint density at radius 2 is 0.913 bits per heavy atom. The van der Waals surface area contributed by atoms with Gasteiger partial charge in [-0.05, 0) is 54.7 Å². The van der Waals surface area contributed by atoms with Crippen LogP contribution in [0.5, 0.6) is 11.5 Å². The molecule has 2 rings (SSSR count). The van der Waals surface area contributed by atoms with Crippen molar-refractivity contribution < 1.29 is 74.9 Å². The van der Waals surface area contributed by atoms with E-state index in [2.05, 4.69) is 38.5 Å². The van der Waals surface area contributed by atoms with Crippen molar-refractivity contribution in [2.24, 2.45) is 0 Å². The van der Waals surface area contributed by atoms with Gasteiger partial charge in [-0.25, -0.2) is 0 Å². The van der Waals surface area contributed by atoms with Gasteiger partial charge in [-0.2, -0.15) is 14.2 Å². The third-order valence-corrected chi connectivity index (χ3v) is 3.11. The molecule has 0 fully saturated rings. The molecule has 0 aliphatic rings. The van der Waals surface area contributed by atoms with E-state index >= 15 is 0 Å². The fourth-order valence-electron chi connectivity index (χ4n) is 2.00. The van der Waals surface area contributed by atoms with E-state index in [1.54, 1.807) is 0 Å². The normalized spacial score (nSPS) is 8.43. The van der Waals surface area contributed by atoms with Crippen molar-refractivity contribution in [2.45, 2.75) is 19.3 Å². The molecule has 0 aromatic heterocycles. The summed E-state index contributed by atoms with van der Waals surface area (Å²) in [7, 11) is 6.77. The Kier molecular flexibility index (Phi) is 19.2. The summed E-state index contributed by atoms with van der Waals surface area (Å²) < 4.78 is 9.80. The van der Waals surface area contributed by atoms with Crippen molar-refractivity contribution in [3.63, 3.8) is 0 Å². The van der Waals surface area contributed by atoms with Crippen LogP contribution in [0, 0.1) is 29.1 Å². The Labute approximate surface area is 192 Å². The van der Waals surface area contributed by atoms with Gasteiger partial charge in [0.15, 0.2) is 0 Å². The number of hydrogen-bond acceptors (Lipinski definition) is 2. The van der Waals surface area contributed by atoms with Crippen LogP contribution in [-0.2, 0) is 78.3 Å². The Hall–Kier alpha value is 0.248. The van der Waals surface area contributed by atoms with E-state index in [1.807, 2.05) is 24.3 Å². The number of rotatable bonds is 6. The second-order valence-electron chi connectivity index (χ2n) is 4.43. The maximum absolute atomic E-state index is 4.90. The molecule has 0 unspecified atom stereocenters. The van der Waals surface area contributed by atoms with Gasteiger partial charge in [-0.15, -0.1) is 0 Å². The maximum Gasteiger partial charge on any atom is 0.0843 e. The largest absolute Gasteiger partial charge is 0.665 e. The van der Waals surface area contributed by atoms with Gasteiger partial charge in [0, 0.05) is 65.4 Å². The summed E-state index contributed by atoms with van der Waals surface area (Å²) in [5.41, 5.74) is 2.64. The first-order valence-electron chi connectivity index (χ1n) is 6.34. The maximum atomic E-state index is 4.90. The first kappa shape index (κ1) is 28.1. The zero-order valence-electron chi connectivity index (χ0n) is 14.1. The molecule has 2 aromatic rings. The summed E-state index contributed by atoms with van der Waals surface area (Å²) in [6.45, 7) is 0. The molecule has 0 atom stereocenters. The van der Waals surface area contributed by atoms with Gasteiger partial charge < -0.3 is 24.3 Å². The molecule has 0 bridgehead atoms. The zero-order chi connectivity index (χ0) is 13.5. The molecular weight excluding hydrogens is 438 g/mol. The Morgan fingerprint density at radius 1 is 0.609 bits per heavy atom. The fourth-order valence-corrected chi connectivity index (χ4v) is 2.00. The Balaban J connectivity index is -0.000001000. The summed E-state index contributed by atoms with van der Waals surface area (Å²) in [6.07, 6.45) is 3.24. The van der Waals surface area contributed by atoms with Gasteiger partial charge in [-0.1, -0.05) is 24.3 Å². The standard InChI is InChI=1S/C17H18O2.2CH3.2Y/c1-18-16-10-6-14(7-11-16)4-3-5-15-8-12-17(19-2)13-9-15;;;;/h6-13H,1-5H2;2*1H3;;/q-2;2*-1;;. The monoisotopic (exact) mass is 462 g/mol. The predicted octanol–water partition coefficient (Wildman–Crippen LogP) is 5.10. The van der Waals surface area contributed by atoms with Crippen molar-refractivity contribution in [1.29, 1.82) is 0 Å². The first-order chi connectivity index (χ1) is 9.31. The minimum Gasteiger partial charge on any atom is -0.665 e. The van der Waals surface area contributed by atoms with Crippen LogP contribution in [0.1, 0.15) is 17.5 Å². The molecule has 0 N–H and O–H groups in total. The molecule has 0 amide bonds. The number of benzene rings is 2. The molecule has 4 heteroatoms. The smallest absolute Gasteiger partial charge is 0.0843 e. The molecular formula is C19H24O2Y2-4. The van der Waals surface area contributed by atoms with Gasteiger partial charge in [-0.3, -0.25) is 0 Å². The van der Waals surface area contributed by atoms with Crippen LogP contribution in [0.25, 0.3) is 0 Å². The predicted molar refractivity (Wildman–Crippen MR) is 89.7 cm³/mol. The van der Waals surface area contributed by atoms with Crippen LogP contribution in [0.2, 0.25) is 0 Å². The average Bonchev–Trinajstić information content (AvgIpc) is 2.49. The molecule has 0 spiro atoms. The SMILES string of the molecule is [CH2-]Oc1ccc(CCCc2ccc(O[CH2-])cc2)cc1.[CH3-].[CH3-].[Y].[Y]. The van der Waals surface area contributed by atoms with Crippen LogP contribution >= 0.6 is 0 Å². The topological polar surface area (TPSA) is 18.5 Å². The van der Waals surface area contributed by atoms with E-state index in [0.717, 1.165) is 30.8 Å². The molecule has 0 aliphatic heterocycles. The summed E-state index contributed by atoms with van der Waals surface area (Å²) >= 11 is 0. The van der Waals surface area contributed by atoms with Crippen LogP contribution in [-0.4, -0.2) is 0 Å². The second-order valence-corrected chi connectivity index (χ2v) is 4.43. The zero-order valence-corrected chi connectivity index (χ0v) is 19.8. The Morgan fingerprint density at radius 3 is 1.17 bits per heavy atom. The molecule has 0 saturated carbocycles. The minimum atomic E-state index is 0. The minimum absolute atomic E-state index is 0. The Bertz CT molecular complexity index is 448. The molecule has 2 radical (unpaired) electrons. The molecule has 2 aromatic carbocycles. The number of ether oxygens (including phenoxy) is 2. The van der Waals surface area contributed by atoms with Crippen molar-refractivity contribution in [3.8, 4) is 11.5 Å². The molecule has 23 heavy (non-hydrogen) atoms. The first-order valence-corrected chi connectivity index (χ1v) is 6.34. The molecule has 0 heterocycles. The van der Waals surface area contributed by atoms with Gasteiger partial charge in [0.2, 0.25) is 0 Å². The van der Waals surface area contributed by atoms with Crippen LogP contribution in [0.15, 0.2) is 48.5 Å². The molecule has 122 valence electrons. The van der Waals surface area contributed by atoms with E-state index in [0.29, 0.717) is 0 Å². The third-order valence-electron chi connectivity index (χ3n) is 3.11. The quantitative estimate of drug-likeness (QED) is 0.557. The summed E-state index contributed by atoms with van der Waals surface area (Å²) in [4.78, 5) is 0. The summed E-state index contributed by atoms with van der Waals surface area (Å²) in [6, 6.07) is 16.1. The van der Waals surface area contributed by atoms with E-state index in [1.165, 1.54) is 11.1 Å². The third kappa shape index (κ3) is 9.97. The van der Waals surface area contributed by atoms with Crippen LogP contribution < -0.4 is 9.47 Å². The fraction of sp³-hybridized carbons (Fsp3) is 0.158. The van der Waals surface area contributed by atoms with Crippen LogP contribution in [0.3, 0.4) is 0 Å². The van der Waals surface area contributed by atoms with Crippen molar-refractivity contribution in [2.75, 3.05) is 0 Å². The second kappa shape index (κ2) is 15.8. The van der Waals surface area contributed by atoms with Crippen molar-refractivity contribution in [1.82, 2.24) is 0 Å². The number of aryl methyl sites for hydroxylation is 2. The van der Waals surface area contributed by atoms with Gasteiger partial charge >= 0.3 is 0 Å².